The Labute approximate surface area is 213 Å². The van der Waals surface area contributed by atoms with Gasteiger partial charge in [0.25, 0.3) is 0 Å². The third kappa shape index (κ3) is 5.78. The first-order valence-corrected chi connectivity index (χ1v) is 12.7. The highest BCUT2D eigenvalue weighted by Crippen LogP contribution is 2.31. The van der Waals surface area contributed by atoms with Crippen LogP contribution in [0.3, 0.4) is 0 Å². The Morgan fingerprint density at radius 1 is 1.09 bits per heavy atom. The molecule has 0 spiro atoms. The molecule has 1 aromatic heterocycles. The minimum absolute atomic E-state index is 0.0749. The van der Waals surface area contributed by atoms with Gasteiger partial charge in [-0.05, 0) is 68.0 Å². The maximum Gasteiger partial charge on any atom is 0.181 e. The summed E-state index contributed by atoms with van der Waals surface area (Å²) in [5.41, 5.74) is 0.799. The monoisotopic (exact) mass is 516 g/mol. The van der Waals surface area contributed by atoms with Crippen molar-refractivity contribution in [2.45, 2.75) is 43.7 Å². The van der Waals surface area contributed by atoms with Crippen molar-refractivity contribution in [3.63, 3.8) is 0 Å². The van der Waals surface area contributed by atoms with Crippen LogP contribution < -0.4 is 10.1 Å². The van der Waals surface area contributed by atoms with Crippen molar-refractivity contribution in [1.82, 2.24) is 10.3 Å². The van der Waals surface area contributed by atoms with Gasteiger partial charge < -0.3 is 14.8 Å². The molecule has 8 heteroatoms. The molecule has 35 heavy (non-hydrogen) atoms. The molecule has 0 atom stereocenters. The van der Waals surface area contributed by atoms with Crippen LogP contribution in [0.25, 0.3) is 10.9 Å². The van der Waals surface area contributed by atoms with Gasteiger partial charge in [-0.3, -0.25) is 4.79 Å². The standard InChI is InChI=1S/C27H27Cl2FN2O3/c28-19-4-10-24-18(12-19)3-9-25(32-24)26(33)11-17-1-5-20(6-2-17)31-14-27(15-34-16-27)35-21-7-8-22(29)23(30)13-21/h3-4,7-10,12-13,17,20,31H,1-2,5-6,11,14-16H2. The first-order chi connectivity index (χ1) is 16.9. The number of ether oxygens (including phenoxy) is 2. The lowest BCUT2D eigenvalue weighted by Crippen LogP contribution is -2.61. The number of carbonyl (C=O) groups is 1. The van der Waals surface area contributed by atoms with Crippen molar-refractivity contribution in [2.75, 3.05) is 19.8 Å². The summed E-state index contributed by atoms with van der Waals surface area (Å²) in [5.74, 6) is 0.401. The number of benzene rings is 2. The van der Waals surface area contributed by atoms with Crippen LogP contribution in [-0.4, -0.2) is 42.2 Å². The number of aromatic nitrogens is 1. The highest BCUT2D eigenvalue weighted by atomic mass is 35.5. The normalized spacial score (nSPS) is 21.5. The van der Waals surface area contributed by atoms with Gasteiger partial charge in [0.05, 0.1) is 23.8 Å². The van der Waals surface area contributed by atoms with Gasteiger partial charge in [-0.25, -0.2) is 9.37 Å². The number of rotatable bonds is 8. The van der Waals surface area contributed by atoms with Crippen LogP contribution in [0.15, 0.2) is 48.5 Å². The minimum atomic E-state index is -0.501. The van der Waals surface area contributed by atoms with E-state index in [1.165, 1.54) is 12.1 Å². The van der Waals surface area contributed by atoms with Crippen molar-refractivity contribution in [1.29, 1.82) is 0 Å². The summed E-state index contributed by atoms with van der Waals surface area (Å²) in [6, 6.07) is 14.0. The highest BCUT2D eigenvalue weighted by molar-refractivity contribution is 6.31. The molecule has 184 valence electrons. The number of ketones is 1. The molecule has 2 aromatic carbocycles. The summed E-state index contributed by atoms with van der Waals surface area (Å²) in [6.45, 7) is 1.54. The number of nitrogens with one attached hydrogen (secondary N) is 1. The molecule has 0 bridgehead atoms. The molecule has 1 saturated carbocycles. The topological polar surface area (TPSA) is 60.5 Å². The Balaban J connectivity index is 1.10. The fraction of sp³-hybridized carbons (Fsp3) is 0.407. The fourth-order valence-corrected chi connectivity index (χ4v) is 5.13. The molecule has 0 amide bonds. The van der Waals surface area contributed by atoms with Gasteiger partial charge in [0.1, 0.15) is 17.3 Å². The number of Topliss-reactive ketones (excluding diaryl/α,β-unsaturated/α-hetero) is 1. The number of nitrogens with zero attached hydrogens (tertiary/aromatic N) is 1. The molecule has 2 heterocycles. The number of pyridine rings is 1. The number of fused-ring (bicyclic) bond motifs is 1. The quantitative estimate of drug-likeness (QED) is 0.358. The SMILES string of the molecule is O=C(CC1CCC(NCC2(Oc3ccc(Cl)c(F)c3)COC2)CC1)c1ccc2cc(Cl)ccc2n1. The van der Waals surface area contributed by atoms with E-state index >= 15 is 0 Å². The summed E-state index contributed by atoms with van der Waals surface area (Å²) in [5, 5.41) is 5.27. The Bertz CT molecular complexity index is 1230. The largest absolute Gasteiger partial charge is 0.481 e. The molecule has 3 aromatic rings. The van der Waals surface area contributed by atoms with Crippen LogP contribution >= 0.6 is 23.2 Å². The predicted octanol–water partition coefficient (Wildman–Crippen LogP) is 6.25. The van der Waals surface area contributed by atoms with Crippen LogP contribution in [0.5, 0.6) is 5.75 Å². The Kier molecular flexibility index (Phi) is 7.26. The van der Waals surface area contributed by atoms with E-state index in [0.717, 1.165) is 36.6 Å². The summed E-state index contributed by atoms with van der Waals surface area (Å²) in [6.07, 6.45) is 4.47. The van der Waals surface area contributed by atoms with Crippen LogP contribution in [0.1, 0.15) is 42.6 Å². The van der Waals surface area contributed by atoms with Gasteiger partial charge in [-0.15, -0.1) is 0 Å². The molecular weight excluding hydrogens is 490 g/mol. The van der Waals surface area contributed by atoms with E-state index in [9.17, 15) is 9.18 Å². The lowest BCUT2D eigenvalue weighted by Gasteiger charge is -2.43. The Hall–Kier alpha value is -2.25. The van der Waals surface area contributed by atoms with Crippen LogP contribution in [-0.2, 0) is 4.74 Å². The van der Waals surface area contributed by atoms with Gasteiger partial charge >= 0.3 is 0 Å². The van der Waals surface area contributed by atoms with E-state index in [1.807, 2.05) is 18.2 Å². The minimum Gasteiger partial charge on any atom is -0.481 e. The van der Waals surface area contributed by atoms with E-state index in [0.29, 0.717) is 54.6 Å². The summed E-state index contributed by atoms with van der Waals surface area (Å²) < 4.78 is 25.3. The third-order valence-electron chi connectivity index (χ3n) is 6.93. The average Bonchev–Trinajstić information content (AvgIpc) is 2.83. The van der Waals surface area contributed by atoms with Gasteiger partial charge in [-0.2, -0.15) is 0 Å². The van der Waals surface area contributed by atoms with Gasteiger partial charge in [-0.1, -0.05) is 29.3 Å². The van der Waals surface area contributed by atoms with Crippen molar-refractivity contribution in [3.8, 4) is 5.75 Å². The first-order valence-electron chi connectivity index (χ1n) is 11.9. The van der Waals surface area contributed by atoms with E-state index in [2.05, 4.69) is 10.3 Å². The van der Waals surface area contributed by atoms with Crippen LogP contribution in [0, 0.1) is 11.7 Å². The molecule has 2 aliphatic rings. The predicted molar refractivity (Wildman–Crippen MR) is 135 cm³/mol. The highest BCUT2D eigenvalue weighted by Gasteiger charge is 2.42. The van der Waals surface area contributed by atoms with Gasteiger partial charge in [0.2, 0.25) is 0 Å². The zero-order valence-corrected chi connectivity index (χ0v) is 20.7. The molecule has 5 nitrogen and oxygen atoms in total. The molecule has 0 radical (unpaired) electrons. The molecule has 1 saturated heterocycles. The average molecular weight is 517 g/mol. The molecule has 1 aliphatic carbocycles. The fourth-order valence-electron chi connectivity index (χ4n) is 4.84. The van der Waals surface area contributed by atoms with Crippen molar-refractivity contribution < 1.29 is 18.7 Å². The third-order valence-corrected chi connectivity index (χ3v) is 7.47. The molecule has 5 rings (SSSR count). The van der Waals surface area contributed by atoms with E-state index in [1.54, 1.807) is 18.2 Å². The molecule has 0 unspecified atom stereocenters. The second kappa shape index (κ2) is 10.4. The first kappa shape index (κ1) is 24.4. The van der Waals surface area contributed by atoms with Crippen LogP contribution in [0.2, 0.25) is 10.0 Å². The Morgan fingerprint density at radius 3 is 2.60 bits per heavy atom. The second-order valence-electron chi connectivity index (χ2n) is 9.61. The lowest BCUT2D eigenvalue weighted by atomic mass is 9.82. The maximum atomic E-state index is 13.8. The van der Waals surface area contributed by atoms with E-state index in [-0.39, 0.29) is 10.8 Å². The molecular formula is C27H27Cl2FN2O3. The van der Waals surface area contributed by atoms with E-state index in [4.69, 9.17) is 32.7 Å². The van der Waals surface area contributed by atoms with E-state index < -0.39 is 11.4 Å². The van der Waals surface area contributed by atoms with Gasteiger partial charge in [0, 0.05) is 35.5 Å². The lowest BCUT2D eigenvalue weighted by molar-refractivity contribution is -0.159. The van der Waals surface area contributed by atoms with Gasteiger partial charge in [0.15, 0.2) is 11.4 Å². The zero-order chi connectivity index (χ0) is 24.4. The summed E-state index contributed by atoms with van der Waals surface area (Å²) >= 11 is 11.8. The molecule has 2 fully saturated rings. The Morgan fingerprint density at radius 2 is 1.89 bits per heavy atom. The van der Waals surface area contributed by atoms with Crippen molar-refractivity contribution >= 4 is 39.9 Å². The summed E-state index contributed by atoms with van der Waals surface area (Å²) in [4.78, 5) is 17.4. The number of hydrogen-bond acceptors (Lipinski definition) is 5. The second-order valence-corrected chi connectivity index (χ2v) is 10.5. The van der Waals surface area contributed by atoms with Crippen molar-refractivity contribution in [3.05, 3.63) is 70.1 Å². The maximum absolute atomic E-state index is 13.8. The zero-order valence-electron chi connectivity index (χ0n) is 19.2. The molecule has 1 N–H and O–H groups in total. The molecule has 1 aliphatic heterocycles. The smallest absolute Gasteiger partial charge is 0.181 e. The number of hydrogen-bond donors (Lipinski definition) is 1. The van der Waals surface area contributed by atoms with Crippen LogP contribution in [0.4, 0.5) is 4.39 Å². The summed E-state index contributed by atoms with van der Waals surface area (Å²) in [7, 11) is 0. The van der Waals surface area contributed by atoms with Crippen molar-refractivity contribution in [2.24, 2.45) is 5.92 Å². The number of halogens is 3. The number of carbonyl (C=O) groups excluding carboxylic acids is 1.